The van der Waals surface area contributed by atoms with Crippen molar-refractivity contribution in [2.75, 3.05) is 0 Å². The maximum atomic E-state index is 14.1. The van der Waals surface area contributed by atoms with Crippen LogP contribution in [0.4, 0.5) is 0 Å². The number of nitrogens with zero attached hydrogens (tertiary/aromatic N) is 2. The van der Waals surface area contributed by atoms with Gasteiger partial charge in [0.15, 0.2) is 0 Å². The summed E-state index contributed by atoms with van der Waals surface area (Å²) < 4.78 is 33.2. The molecule has 0 bridgehead atoms. The molecule has 6 heteroatoms. The van der Waals surface area contributed by atoms with Crippen LogP contribution in [0.15, 0.2) is 51.8 Å². The van der Waals surface area contributed by atoms with Gasteiger partial charge < -0.3 is 4.57 Å². The third kappa shape index (κ3) is 3.85. The van der Waals surface area contributed by atoms with Gasteiger partial charge in [-0.3, -0.25) is 0 Å². The van der Waals surface area contributed by atoms with Crippen LogP contribution in [0.2, 0.25) is 0 Å². The molecule has 33 heavy (non-hydrogen) atoms. The summed E-state index contributed by atoms with van der Waals surface area (Å²) in [4.78, 5) is 0.343. The van der Waals surface area contributed by atoms with Crippen LogP contribution in [-0.4, -0.2) is 17.0 Å². The van der Waals surface area contributed by atoms with Crippen LogP contribution < -0.4 is 0 Å². The van der Waals surface area contributed by atoms with Crippen LogP contribution in [0.1, 0.15) is 62.3 Å². The van der Waals surface area contributed by atoms with E-state index in [4.69, 9.17) is 0 Å². The molecule has 2 aromatic carbocycles. The average molecular weight is 528 g/mol. The lowest BCUT2D eigenvalue weighted by Crippen LogP contribution is -2.14. The summed E-state index contributed by atoms with van der Waals surface area (Å²) in [5.41, 5.74) is 6.38. The number of unbranched alkanes of at least 4 members (excludes halogenated alkanes) is 3. The number of aryl methyl sites for hydroxylation is 3. The highest BCUT2D eigenvalue weighted by Crippen LogP contribution is 2.41. The van der Waals surface area contributed by atoms with Crippen molar-refractivity contribution in [3.05, 3.63) is 63.8 Å². The van der Waals surface area contributed by atoms with Gasteiger partial charge in [-0.1, -0.05) is 59.8 Å². The standard InChI is InChI=1S/C27H31BrN2O2S/c1-3-4-5-8-17-29-24-10-7-6-9-22(24)27-26(29)23-18-20(28)13-16-25(23)30(27)33(31,32)21-14-11-19(2)12-15-21/h11-16,18H,3-10,17H2,1-2H3. The lowest BCUT2D eigenvalue weighted by molar-refractivity contribution is 0.560. The topological polar surface area (TPSA) is 44.0 Å². The SMILES string of the molecule is CCCCCCn1c2c(c3c1c1cc(Br)ccc1n3S(=O)(=O)c1ccc(C)cc1)CCCC2. The molecule has 0 saturated heterocycles. The highest BCUT2D eigenvalue weighted by molar-refractivity contribution is 9.10. The van der Waals surface area contributed by atoms with E-state index in [2.05, 4.69) is 33.5 Å². The van der Waals surface area contributed by atoms with Gasteiger partial charge in [-0.15, -0.1) is 0 Å². The number of fused-ring (bicyclic) bond motifs is 5. The number of aromatic nitrogens is 2. The molecule has 1 aliphatic rings. The van der Waals surface area contributed by atoms with Gasteiger partial charge in [0.25, 0.3) is 10.0 Å². The van der Waals surface area contributed by atoms with E-state index in [0.29, 0.717) is 4.90 Å². The van der Waals surface area contributed by atoms with Crippen LogP contribution in [0.3, 0.4) is 0 Å². The first-order chi connectivity index (χ1) is 15.9. The van der Waals surface area contributed by atoms with E-state index in [9.17, 15) is 8.42 Å². The minimum absolute atomic E-state index is 0.343. The molecule has 174 valence electrons. The molecule has 0 radical (unpaired) electrons. The Labute approximate surface area is 204 Å². The van der Waals surface area contributed by atoms with Gasteiger partial charge >= 0.3 is 0 Å². The average Bonchev–Trinajstić information content (AvgIpc) is 3.30. The van der Waals surface area contributed by atoms with Crippen molar-refractivity contribution in [2.24, 2.45) is 0 Å². The van der Waals surface area contributed by atoms with E-state index < -0.39 is 10.0 Å². The van der Waals surface area contributed by atoms with E-state index in [1.807, 2.05) is 31.2 Å². The van der Waals surface area contributed by atoms with Crippen LogP contribution in [0.5, 0.6) is 0 Å². The van der Waals surface area contributed by atoms with E-state index in [1.165, 1.54) is 36.9 Å². The van der Waals surface area contributed by atoms with E-state index in [0.717, 1.165) is 64.2 Å². The summed E-state index contributed by atoms with van der Waals surface area (Å²) in [6.45, 7) is 5.16. The largest absolute Gasteiger partial charge is 0.342 e. The maximum Gasteiger partial charge on any atom is 0.268 e. The minimum Gasteiger partial charge on any atom is -0.342 e. The maximum absolute atomic E-state index is 14.1. The van der Waals surface area contributed by atoms with Gasteiger partial charge in [0.2, 0.25) is 0 Å². The first-order valence-electron chi connectivity index (χ1n) is 12.1. The molecular formula is C27H31BrN2O2S. The predicted octanol–water partition coefficient (Wildman–Crippen LogP) is 7.36. The van der Waals surface area contributed by atoms with Gasteiger partial charge in [-0.05, 0) is 74.9 Å². The summed E-state index contributed by atoms with van der Waals surface area (Å²) in [6.07, 6.45) is 9.01. The second-order valence-electron chi connectivity index (χ2n) is 9.29. The highest BCUT2D eigenvalue weighted by Gasteiger charge is 2.31. The van der Waals surface area contributed by atoms with Crippen LogP contribution >= 0.6 is 15.9 Å². The fraction of sp³-hybridized carbons (Fsp3) is 0.407. The highest BCUT2D eigenvalue weighted by atomic mass is 79.9. The molecule has 0 amide bonds. The zero-order valence-corrected chi connectivity index (χ0v) is 21.8. The molecule has 0 saturated carbocycles. The molecule has 1 aliphatic carbocycles. The molecule has 2 aromatic heterocycles. The number of hydrogen-bond donors (Lipinski definition) is 0. The molecule has 0 fully saturated rings. The zero-order valence-electron chi connectivity index (χ0n) is 19.4. The van der Waals surface area contributed by atoms with Crippen molar-refractivity contribution in [1.29, 1.82) is 0 Å². The predicted molar refractivity (Wildman–Crippen MR) is 140 cm³/mol. The Kier molecular flexibility index (Phi) is 6.17. The molecule has 4 nitrogen and oxygen atoms in total. The third-order valence-corrected chi connectivity index (χ3v) is 9.20. The number of hydrogen-bond acceptors (Lipinski definition) is 2. The molecule has 0 aliphatic heterocycles. The first kappa shape index (κ1) is 22.7. The fourth-order valence-corrected chi connectivity index (χ4v) is 7.25. The Hall–Kier alpha value is -2.05. The summed E-state index contributed by atoms with van der Waals surface area (Å²) in [7, 11) is -3.74. The second kappa shape index (κ2) is 8.95. The Bertz CT molecular complexity index is 1430. The van der Waals surface area contributed by atoms with Gasteiger partial charge in [-0.2, -0.15) is 0 Å². The van der Waals surface area contributed by atoms with E-state index in [-0.39, 0.29) is 0 Å². The number of halogens is 1. The van der Waals surface area contributed by atoms with Crippen molar-refractivity contribution < 1.29 is 8.42 Å². The Morgan fingerprint density at radius 1 is 0.939 bits per heavy atom. The lowest BCUT2D eigenvalue weighted by Gasteiger charge is -2.17. The van der Waals surface area contributed by atoms with Gasteiger partial charge in [0.1, 0.15) is 0 Å². The molecular weight excluding hydrogens is 496 g/mol. The van der Waals surface area contributed by atoms with Crippen LogP contribution in [0.25, 0.3) is 21.9 Å². The molecule has 2 heterocycles. The summed E-state index contributed by atoms with van der Waals surface area (Å²) >= 11 is 3.63. The van der Waals surface area contributed by atoms with Crippen molar-refractivity contribution in [3.8, 4) is 0 Å². The molecule has 0 atom stereocenters. The Morgan fingerprint density at radius 2 is 1.70 bits per heavy atom. The minimum atomic E-state index is -3.74. The Morgan fingerprint density at radius 3 is 2.45 bits per heavy atom. The van der Waals surface area contributed by atoms with Gasteiger partial charge in [-0.25, -0.2) is 12.4 Å². The van der Waals surface area contributed by atoms with Crippen LogP contribution in [0, 0.1) is 6.92 Å². The molecule has 0 unspecified atom stereocenters. The van der Waals surface area contributed by atoms with Crippen molar-refractivity contribution in [3.63, 3.8) is 0 Å². The van der Waals surface area contributed by atoms with Gasteiger partial charge in [0, 0.05) is 22.1 Å². The Balaban J connectivity index is 1.82. The first-order valence-corrected chi connectivity index (χ1v) is 14.3. The van der Waals surface area contributed by atoms with Crippen molar-refractivity contribution in [1.82, 2.24) is 8.54 Å². The molecule has 0 N–H and O–H groups in total. The fourth-order valence-electron chi connectivity index (χ4n) is 5.34. The molecule has 4 aromatic rings. The van der Waals surface area contributed by atoms with E-state index in [1.54, 1.807) is 16.1 Å². The normalized spacial score (nSPS) is 14.3. The smallest absolute Gasteiger partial charge is 0.268 e. The summed E-state index contributed by atoms with van der Waals surface area (Å²) in [5, 5.41) is 1.01. The lowest BCUT2D eigenvalue weighted by atomic mass is 9.97. The third-order valence-electron chi connectivity index (χ3n) is 6.97. The summed E-state index contributed by atoms with van der Waals surface area (Å²) in [5.74, 6) is 0. The second-order valence-corrected chi connectivity index (χ2v) is 12.0. The van der Waals surface area contributed by atoms with E-state index >= 15 is 0 Å². The zero-order chi connectivity index (χ0) is 23.2. The van der Waals surface area contributed by atoms with Crippen LogP contribution in [-0.2, 0) is 29.4 Å². The number of benzene rings is 2. The molecule has 0 spiro atoms. The monoisotopic (exact) mass is 526 g/mol. The van der Waals surface area contributed by atoms with Crippen molar-refractivity contribution >= 4 is 47.9 Å². The number of rotatable bonds is 7. The molecule has 5 rings (SSSR count). The van der Waals surface area contributed by atoms with Gasteiger partial charge in [0.05, 0.1) is 21.4 Å². The summed E-state index contributed by atoms with van der Waals surface area (Å²) in [6, 6.07) is 13.2. The quantitative estimate of drug-likeness (QED) is 0.236. The van der Waals surface area contributed by atoms with Crippen molar-refractivity contribution in [2.45, 2.75) is 76.7 Å².